The lowest BCUT2D eigenvalue weighted by Crippen LogP contribution is -2.45. The molecule has 1 heterocycles. The highest BCUT2D eigenvalue weighted by molar-refractivity contribution is 5.08. The van der Waals surface area contributed by atoms with Crippen LogP contribution < -0.4 is 5.73 Å². The smallest absolute Gasteiger partial charge is 0.0312 e. The van der Waals surface area contributed by atoms with Gasteiger partial charge in [-0.1, -0.05) is 19.9 Å². The van der Waals surface area contributed by atoms with Crippen molar-refractivity contribution in [1.29, 1.82) is 0 Å². The minimum absolute atomic E-state index is 0.357. The molecule has 0 radical (unpaired) electrons. The Kier molecular flexibility index (Phi) is 4.94. The number of hydrogen-bond donors (Lipinski definition) is 1. The summed E-state index contributed by atoms with van der Waals surface area (Å²) < 4.78 is 0. The molecule has 4 unspecified atom stereocenters. The second kappa shape index (κ2) is 6.49. The van der Waals surface area contributed by atoms with Gasteiger partial charge in [0, 0.05) is 31.5 Å². The van der Waals surface area contributed by atoms with E-state index in [0.29, 0.717) is 12.0 Å². The summed E-state index contributed by atoms with van der Waals surface area (Å²) in [6, 6.07) is 4.49. The molecule has 1 fully saturated rings. The molecule has 3 nitrogen and oxygen atoms in total. The molecule has 1 aliphatic carbocycles. The number of pyridine rings is 1. The van der Waals surface area contributed by atoms with Crippen molar-refractivity contribution in [2.45, 2.75) is 39.3 Å². The third-order valence-electron chi connectivity index (χ3n) is 4.43. The third-order valence-corrected chi connectivity index (χ3v) is 4.43. The average molecular weight is 261 g/mol. The first kappa shape index (κ1) is 14.5. The minimum Gasteiger partial charge on any atom is -0.327 e. The summed E-state index contributed by atoms with van der Waals surface area (Å²) in [4.78, 5) is 6.56. The fourth-order valence-electron chi connectivity index (χ4n) is 3.51. The SMILES string of the molecule is CC1CC(C)C(CN(C)Cc2cccnc2)C(N)C1. The molecule has 1 aromatic heterocycles. The lowest BCUT2D eigenvalue weighted by molar-refractivity contribution is 0.127. The molecule has 0 amide bonds. The van der Waals surface area contributed by atoms with E-state index in [2.05, 4.69) is 36.8 Å². The van der Waals surface area contributed by atoms with Crippen molar-refractivity contribution in [2.75, 3.05) is 13.6 Å². The van der Waals surface area contributed by atoms with E-state index in [0.717, 1.165) is 24.9 Å². The molecule has 1 aromatic rings. The zero-order valence-electron chi connectivity index (χ0n) is 12.4. The van der Waals surface area contributed by atoms with E-state index in [1.807, 2.05) is 18.5 Å². The zero-order chi connectivity index (χ0) is 13.8. The quantitative estimate of drug-likeness (QED) is 0.905. The van der Waals surface area contributed by atoms with Crippen LogP contribution >= 0.6 is 0 Å². The van der Waals surface area contributed by atoms with E-state index in [9.17, 15) is 0 Å². The molecular formula is C16H27N3. The van der Waals surface area contributed by atoms with Crippen molar-refractivity contribution in [3.8, 4) is 0 Å². The van der Waals surface area contributed by atoms with Gasteiger partial charge in [-0.05, 0) is 49.3 Å². The Bertz CT molecular complexity index is 367. The van der Waals surface area contributed by atoms with Gasteiger partial charge in [0.1, 0.15) is 0 Å². The number of hydrogen-bond acceptors (Lipinski definition) is 3. The van der Waals surface area contributed by atoms with E-state index in [4.69, 9.17) is 5.73 Å². The van der Waals surface area contributed by atoms with E-state index in [1.54, 1.807) is 0 Å². The molecule has 0 aliphatic heterocycles. The van der Waals surface area contributed by atoms with Gasteiger partial charge in [-0.25, -0.2) is 0 Å². The standard InChI is InChI=1S/C16H27N3/c1-12-7-13(2)15(16(17)8-12)11-19(3)10-14-5-4-6-18-9-14/h4-6,9,12-13,15-16H,7-8,10-11,17H2,1-3H3. The molecule has 4 atom stereocenters. The monoisotopic (exact) mass is 261 g/mol. The average Bonchev–Trinajstić information content (AvgIpc) is 2.35. The first-order chi connectivity index (χ1) is 9.06. The fraction of sp³-hybridized carbons (Fsp3) is 0.688. The number of nitrogens with two attached hydrogens (primary N) is 1. The fourth-order valence-corrected chi connectivity index (χ4v) is 3.51. The number of nitrogens with zero attached hydrogens (tertiary/aromatic N) is 2. The topological polar surface area (TPSA) is 42.2 Å². The molecule has 3 heteroatoms. The highest BCUT2D eigenvalue weighted by Crippen LogP contribution is 2.33. The molecule has 2 N–H and O–H groups in total. The zero-order valence-corrected chi connectivity index (χ0v) is 12.4. The van der Waals surface area contributed by atoms with Gasteiger partial charge in [-0.3, -0.25) is 4.98 Å². The summed E-state index contributed by atoms with van der Waals surface area (Å²) in [6.45, 7) is 6.73. The van der Waals surface area contributed by atoms with Gasteiger partial charge < -0.3 is 10.6 Å². The number of aromatic nitrogens is 1. The predicted octanol–water partition coefficient (Wildman–Crippen LogP) is 2.52. The Morgan fingerprint density at radius 1 is 1.37 bits per heavy atom. The Morgan fingerprint density at radius 2 is 2.16 bits per heavy atom. The van der Waals surface area contributed by atoms with Crippen LogP contribution in [-0.4, -0.2) is 29.5 Å². The molecule has 0 spiro atoms. The molecule has 2 rings (SSSR count). The van der Waals surface area contributed by atoms with Gasteiger partial charge in [0.05, 0.1) is 0 Å². The lowest BCUT2D eigenvalue weighted by Gasteiger charge is -2.39. The second-order valence-electron chi connectivity index (χ2n) is 6.44. The van der Waals surface area contributed by atoms with Gasteiger partial charge in [0.15, 0.2) is 0 Å². The van der Waals surface area contributed by atoms with Crippen molar-refractivity contribution in [3.05, 3.63) is 30.1 Å². The third kappa shape index (κ3) is 4.02. The summed E-state index contributed by atoms with van der Waals surface area (Å²) in [5, 5.41) is 0. The van der Waals surface area contributed by atoms with Crippen LogP contribution in [0.15, 0.2) is 24.5 Å². The lowest BCUT2D eigenvalue weighted by atomic mass is 9.72. The van der Waals surface area contributed by atoms with E-state index >= 15 is 0 Å². The predicted molar refractivity (Wildman–Crippen MR) is 79.6 cm³/mol. The van der Waals surface area contributed by atoms with Gasteiger partial charge in [0.2, 0.25) is 0 Å². The van der Waals surface area contributed by atoms with Crippen LogP contribution in [0.25, 0.3) is 0 Å². The van der Waals surface area contributed by atoms with Crippen LogP contribution in [0.1, 0.15) is 32.3 Å². The summed E-state index contributed by atoms with van der Waals surface area (Å²) in [5.74, 6) is 2.14. The van der Waals surface area contributed by atoms with Crippen LogP contribution in [-0.2, 0) is 6.54 Å². The maximum atomic E-state index is 6.36. The molecule has 0 bridgehead atoms. The Balaban J connectivity index is 1.89. The molecule has 0 saturated heterocycles. The minimum atomic E-state index is 0.357. The van der Waals surface area contributed by atoms with Crippen LogP contribution in [0.5, 0.6) is 0 Å². The van der Waals surface area contributed by atoms with Gasteiger partial charge in [0.25, 0.3) is 0 Å². The van der Waals surface area contributed by atoms with E-state index in [1.165, 1.54) is 18.4 Å². The Hall–Kier alpha value is -0.930. The molecule has 106 valence electrons. The van der Waals surface area contributed by atoms with Crippen LogP contribution in [0.2, 0.25) is 0 Å². The highest BCUT2D eigenvalue weighted by Gasteiger charge is 2.32. The normalized spacial score (nSPS) is 31.6. The molecular weight excluding hydrogens is 234 g/mol. The van der Waals surface area contributed by atoms with Crippen LogP contribution in [0.3, 0.4) is 0 Å². The summed E-state index contributed by atoms with van der Waals surface area (Å²) in [6.07, 6.45) is 6.27. The maximum Gasteiger partial charge on any atom is 0.0312 e. The van der Waals surface area contributed by atoms with Crippen molar-refractivity contribution < 1.29 is 0 Å². The highest BCUT2D eigenvalue weighted by atomic mass is 15.1. The largest absolute Gasteiger partial charge is 0.327 e. The van der Waals surface area contributed by atoms with Crippen molar-refractivity contribution >= 4 is 0 Å². The number of rotatable bonds is 4. The van der Waals surface area contributed by atoms with Gasteiger partial charge in [-0.2, -0.15) is 0 Å². The Morgan fingerprint density at radius 3 is 2.79 bits per heavy atom. The molecule has 0 aromatic carbocycles. The van der Waals surface area contributed by atoms with Crippen LogP contribution in [0.4, 0.5) is 0 Å². The second-order valence-corrected chi connectivity index (χ2v) is 6.44. The van der Waals surface area contributed by atoms with Crippen molar-refractivity contribution in [3.63, 3.8) is 0 Å². The maximum absolute atomic E-state index is 6.36. The first-order valence-electron chi connectivity index (χ1n) is 7.39. The summed E-state index contributed by atoms with van der Waals surface area (Å²) in [5.41, 5.74) is 7.64. The van der Waals surface area contributed by atoms with Crippen molar-refractivity contribution in [2.24, 2.45) is 23.5 Å². The van der Waals surface area contributed by atoms with Crippen molar-refractivity contribution in [1.82, 2.24) is 9.88 Å². The van der Waals surface area contributed by atoms with Crippen LogP contribution in [0, 0.1) is 17.8 Å². The van der Waals surface area contributed by atoms with Gasteiger partial charge in [-0.15, -0.1) is 0 Å². The molecule has 19 heavy (non-hydrogen) atoms. The Labute approximate surface area is 117 Å². The van der Waals surface area contributed by atoms with E-state index in [-0.39, 0.29) is 0 Å². The summed E-state index contributed by atoms with van der Waals surface area (Å²) in [7, 11) is 2.18. The summed E-state index contributed by atoms with van der Waals surface area (Å²) >= 11 is 0. The molecule has 1 saturated carbocycles. The first-order valence-corrected chi connectivity index (χ1v) is 7.39. The molecule has 1 aliphatic rings. The van der Waals surface area contributed by atoms with E-state index < -0.39 is 0 Å². The van der Waals surface area contributed by atoms with Gasteiger partial charge >= 0.3 is 0 Å².